The molecule has 5 heteroatoms. The quantitative estimate of drug-likeness (QED) is 0.628. The molecule has 5 rings (SSSR count). The predicted molar refractivity (Wildman–Crippen MR) is 128 cm³/mol. The summed E-state index contributed by atoms with van der Waals surface area (Å²) in [5, 5.41) is 4.32. The monoisotopic (exact) mass is 429 g/mol. The third-order valence-electron chi connectivity index (χ3n) is 7.37. The lowest BCUT2D eigenvalue weighted by atomic mass is 9.90. The average Bonchev–Trinajstić information content (AvgIpc) is 3.15. The maximum atomic E-state index is 13.9. The van der Waals surface area contributed by atoms with E-state index in [-0.39, 0.29) is 17.9 Å². The molecular formula is C27H31N3O2. The van der Waals surface area contributed by atoms with Crippen molar-refractivity contribution in [2.45, 2.75) is 71.0 Å². The van der Waals surface area contributed by atoms with Crippen LogP contribution in [0, 0.1) is 13.8 Å². The van der Waals surface area contributed by atoms with E-state index in [0.29, 0.717) is 12.2 Å². The van der Waals surface area contributed by atoms with Crippen LogP contribution >= 0.6 is 0 Å². The van der Waals surface area contributed by atoms with E-state index in [9.17, 15) is 9.59 Å². The number of carbonyl (C=O) groups excluding carboxylic acids is 2. The van der Waals surface area contributed by atoms with E-state index in [2.05, 4.69) is 12.2 Å². The summed E-state index contributed by atoms with van der Waals surface area (Å²) in [6, 6.07) is 16.2. The standard InChI is InChI=1S/C27H31N3O2/c1-18-13-14-22(15-19(18)2)30-25(31)24-16-20-9-7-8-12-23(20)29(24)17-27(30,3)26(32)28-21-10-5-4-6-11-21/h7-9,12-16,21H,4-6,10-11,17H2,1-3H3,(H,28,32)/t27-/m0/s1. The van der Waals surface area contributed by atoms with Crippen molar-refractivity contribution in [2.75, 3.05) is 4.90 Å². The zero-order chi connectivity index (χ0) is 22.5. The molecule has 2 aromatic carbocycles. The molecule has 2 amide bonds. The molecule has 0 radical (unpaired) electrons. The summed E-state index contributed by atoms with van der Waals surface area (Å²) in [5.41, 5.74) is 3.65. The molecule has 0 unspecified atom stereocenters. The Labute approximate surface area is 189 Å². The molecule has 1 saturated carbocycles. The highest BCUT2D eigenvalue weighted by atomic mass is 16.2. The number of nitrogens with zero attached hydrogens (tertiary/aromatic N) is 2. The lowest BCUT2D eigenvalue weighted by molar-refractivity contribution is -0.127. The van der Waals surface area contributed by atoms with E-state index in [0.717, 1.165) is 47.8 Å². The number of amides is 2. The molecule has 1 atom stereocenters. The molecular weight excluding hydrogens is 398 g/mol. The second kappa shape index (κ2) is 7.80. The van der Waals surface area contributed by atoms with Crippen molar-refractivity contribution in [3.63, 3.8) is 0 Å². The Hall–Kier alpha value is -3.08. The van der Waals surface area contributed by atoms with Gasteiger partial charge in [-0.25, -0.2) is 0 Å². The Balaban J connectivity index is 1.62. The fourth-order valence-corrected chi connectivity index (χ4v) is 5.30. The van der Waals surface area contributed by atoms with Crippen LogP contribution in [-0.4, -0.2) is 28.0 Å². The highest BCUT2D eigenvalue weighted by Gasteiger charge is 2.49. The second-order valence-corrected chi connectivity index (χ2v) is 9.67. The highest BCUT2D eigenvalue weighted by molar-refractivity contribution is 6.14. The maximum Gasteiger partial charge on any atom is 0.275 e. The third-order valence-corrected chi connectivity index (χ3v) is 7.37. The number of anilines is 1. The number of nitrogens with one attached hydrogen (secondary N) is 1. The summed E-state index contributed by atoms with van der Waals surface area (Å²) < 4.78 is 2.02. The summed E-state index contributed by atoms with van der Waals surface area (Å²) in [6.07, 6.45) is 5.55. The number of rotatable bonds is 3. The molecule has 3 aromatic rings. The van der Waals surface area contributed by atoms with Gasteiger partial charge in [0.2, 0.25) is 5.91 Å². The van der Waals surface area contributed by atoms with E-state index in [4.69, 9.17) is 0 Å². The molecule has 2 heterocycles. The lowest BCUT2D eigenvalue weighted by Crippen LogP contribution is -2.65. The van der Waals surface area contributed by atoms with Gasteiger partial charge < -0.3 is 9.88 Å². The van der Waals surface area contributed by atoms with Gasteiger partial charge in [0.1, 0.15) is 11.2 Å². The van der Waals surface area contributed by atoms with Crippen molar-refractivity contribution >= 4 is 28.4 Å². The molecule has 1 aliphatic heterocycles. The average molecular weight is 430 g/mol. The Bertz CT molecular complexity index is 1200. The largest absolute Gasteiger partial charge is 0.351 e. The summed E-state index contributed by atoms with van der Waals surface area (Å²) in [6.45, 7) is 6.44. The molecule has 0 saturated heterocycles. The van der Waals surface area contributed by atoms with E-state index < -0.39 is 5.54 Å². The van der Waals surface area contributed by atoms with Crippen LogP contribution in [0.1, 0.15) is 60.6 Å². The maximum absolute atomic E-state index is 13.9. The Kier molecular flexibility index (Phi) is 5.07. The van der Waals surface area contributed by atoms with Crippen LogP contribution in [0.4, 0.5) is 5.69 Å². The smallest absolute Gasteiger partial charge is 0.275 e. The van der Waals surface area contributed by atoms with Crippen molar-refractivity contribution in [1.82, 2.24) is 9.88 Å². The van der Waals surface area contributed by atoms with Gasteiger partial charge >= 0.3 is 0 Å². The first-order valence-corrected chi connectivity index (χ1v) is 11.7. The summed E-state index contributed by atoms with van der Waals surface area (Å²) >= 11 is 0. The number of para-hydroxylation sites is 1. The van der Waals surface area contributed by atoms with Crippen molar-refractivity contribution in [2.24, 2.45) is 0 Å². The minimum Gasteiger partial charge on any atom is -0.351 e. The SMILES string of the molecule is Cc1ccc(N2C(=O)c3cc4ccccc4n3C[C@@]2(C)C(=O)NC2CCCCC2)cc1C. The molecule has 2 aliphatic rings. The Morgan fingerprint density at radius 1 is 1.00 bits per heavy atom. The molecule has 1 aliphatic carbocycles. The van der Waals surface area contributed by atoms with E-state index in [1.165, 1.54) is 12.0 Å². The van der Waals surface area contributed by atoms with Crippen LogP contribution in [0.15, 0.2) is 48.5 Å². The minimum atomic E-state index is -1.02. The van der Waals surface area contributed by atoms with Crippen LogP contribution in [-0.2, 0) is 11.3 Å². The Morgan fingerprint density at radius 2 is 1.75 bits per heavy atom. The zero-order valence-corrected chi connectivity index (χ0v) is 19.1. The molecule has 5 nitrogen and oxygen atoms in total. The van der Waals surface area contributed by atoms with Gasteiger partial charge in [-0.2, -0.15) is 0 Å². The Morgan fingerprint density at radius 3 is 2.50 bits per heavy atom. The molecule has 1 aromatic heterocycles. The van der Waals surface area contributed by atoms with Crippen molar-refractivity contribution in [3.8, 4) is 0 Å². The van der Waals surface area contributed by atoms with Crippen LogP contribution in [0.2, 0.25) is 0 Å². The number of aryl methyl sites for hydroxylation is 2. The molecule has 1 fully saturated rings. The van der Waals surface area contributed by atoms with Crippen molar-refractivity contribution in [3.05, 3.63) is 65.4 Å². The van der Waals surface area contributed by atoms with Gasteiger partial charge in [-0.1, -0.05) is 43.5 Å². The van der Waals surface area contributed by atoms with E-state index >= 15 is 0 Å². The van der Waals surface area contributed by atoms with Gasteiger partial charge in [0, 0.05) is 22.6 Å². The van der Waals surface area contributed by atoms with Gasteiger partial charge in [-0.15, -0.1) is 0 Å². The number of hydrogen-bond acceptors (Lipinski definition) is 2. The van der Waals surface area contributed by atoms with Crippen molar-refractivity contribution < 1.29 is 9.59 Å². The van der Waals surface area contributed by atoms with Gasteiger partial charge in [0.05, 0.1) is 6.54 Å². The van der Waals surface area contributed by atoms with Crippen molar-refractivity contribution in [1.29, 1.82) is 0 Å². The van der Waals surface area contributed by atoms with E-state index in [1.807, 2.05) is 66.9 Å². The van der Waals surface area contributed by atoms with E-state index in [1.54, 1.807) is 4.90 Å². The fourth-order valence-electron chi connectivity index (χ4n) is 5.30. The number of benzene rings is 2. The fraction of sp³-hybridized carbons (Fsp3) is 0.407. The molecule has 166 valence electrons. The second-order valence-electron chi connectivity index (χ2n) is 9.67. The minimum absolute atomic E-state index is 0.0700. The number of carbonyl (C=O) groups is 2. The number of fused-ring (bicyclic) bond motifs is 3. The van der Waals surface area contributed by atoms with Crippen LogP contribution in [0.5, 0.6) is 0 Å². The first kappa shape index (κ1) is 20.8. The summed E-state index contributed by atoms with van der Waals surface area (Å²) in [7, 11) is 0. The molecule has 1 N–H and O–H groups in total. The molecule has 0 spiro atoms. The normalized spacial score (nSPS) is 21.6. The highest BCUT2D eigenvalue weighted by Crippen LogP contribution is 2.36. The summed E-state index contributed by atoms with van der Waals surface area (Å²) in [4.78, 5) is 29.5. The topological polar surface area (TPSA) is 54.3 Å². The zero-order valence-electron chi connectivity index (χ0n) is 19.1. The van der Waals surface area contributed by atoms with Gasteiger partial charge in [-0.05, 0) is 69.0 Å². The van der Waals surface area contributed by atoms with Crippen LogP contribution in [0.25, 0.3) is 10.9 Å². The first-order valence-electron chi connectivity index (χ1n) is 11.7. The lowest BCUT2D eigenvalue weighted by Gasteiger charge is -2.45. The van der Waals surface area contributed by atoms with Crippen LogP contribution < -0.4 is 10.2 Å². The first-order chi connectivity index (χ1) is 15.4. The molecule has 32 heavy (non-hydrogen) atoms. The predicted octanol–water partition coefficient (Wildman–Crippen LogP) is 5.13. The number of aromatic nitrogens is 1. The third kappa shape index (κ3) is 3.31. The molecule has 0 bridgehead atoms. The number of hydrogen-bond donors (Lipinski definition) is 1. The van der Waals surface area contributed by atoms with Gasteiger partial charge in [0.25, 0.3) is 5.91 Å². The summed E-state index contributed by atoms with van der Waals surface area (Å²) in [5.74, 6) is -0.198. The van der Waals surface area contributed by atoms with Crippen LogP contribution in [0.3, 0.4) is 0 Å². The van der Waals surface area contributed by atoms with Gasteiger partial charge in [-0.3, -0.25) is 14.5 Å². The van der Waals surface area contributed by atoms with Gasteiger partial charge in [0.15, 0.2) is 0 Å².